The molecule has 0 radical (unpaired) electrons. The van der Waals surface area contributed by atoms with E-state index in [4.69, 9.17) is 5.73 Å². The number of benzene rings is 2. The molecule has 0 aromatic heterocycles. The largest absolute Gasteiger partial charge is 0.508 e. The van der Waals surface area contributed by atoms with Crippen LogP contribution in [-0.2, 0) is 0 Å². The zero-order chi connectivity index (χ0) is 18.8. The molecule has 0 bridgehead atoms. The van der Waals surface area contributed by atoms with E-state index in [0.29, 0.717) is 0 Å². The van der Waals surface area contributed by atoms with Crippen molar-refractivity contribution in [2.24, 2.45) is 5.73 Å². The summed E-state index contributed by atoms with van der Waals surface area (Å²) in [6.45, 7) is 4.59. The fraction of sp³-hybridized carbons (Fsp3) is 0.273. The predicted molar refractivity (Wildman–Crippen MR) is 111 cm³/mol. The molecule has 2 aromatic carbocycles. The standard InChI is InChI=1S/C22H26N4O/c1-14(23)22-19-6-5-15(16-7-9-24-13-16)11-20(19)21(8-10-25-22)26-17-3-2-4-18(27)12-17/h2-7,11-12,21,24-27H,8-10,13,23H2,1H3/b22-14-. The summed E-state index contributed by atoms with van der Waals surface area (Å²) in [4.78, 5) is 0. The van der Waals surface area contributed by atoms with Crippen molar-refractivity contribution in [1.29, 1.82) is 0 Å². The first-order valence-corrected chi connectivity index (χ1v) is 9.42. The zero-order valence-electron chi connectivity index (χ0n) is 15.5. The second-order valence-electron chi connectivity index (χ2n) is 7.18. The van der Waals surface area contributed by atoms with Crippen LogP contribution in [0.2, 0.25) is 0 Å². The van der Waals surface area contributed by atoms with Crippen molar-refractivity contribution in [2.45, 2.75) is 19.4 Å². The summed E-state index contributed by atoms with van der Waals surface area (Å²) in [6, 6.07) is 14.0. The third kappa shape index (κ3) is 3.64. The summed E-state index contributed by atoms with van der Waals surface area (Å²) in [5.41, 5.74) is 13.8. The van der Waals surface area contributed by atoms with E-state index in [1.165, 1.54) is 16.7 Å². The SMILES string of the molecule is C/C(N)=C1/NCCC(Nc2cccc(O)c2)c2cc(C3=CCNC3)ccc21. The molecule has 27 heavy (non-hydrogen) atoms. The Balaban J connectivity index is 1.77. The maximum atomic E-state index is 9.81. The summed E-state index contributed by atoms with van der Waals surface area (Å²) in [5.74, 6) is 0.265. The second kappa shape index (κ2) is 7.37. The third-order valence-electron chi connectivity index (χ3n) is 5.19. The molecule has 5 nitrogen and oxygen atoms in total. The number of allylic oxidation sites excluding steroid dienone is 1. The van der Waals surface area contributed by atoms with Gasteiger partial charge in [0, 0.05) is 42.6 Å². The Bertz CT molecular complexity index is 912. The summed E-state index contributed by atoms with van der Waals surface area (Å²) in [6.07, 6.45) is 3.17. The minimum Gasteiger partial charge on any atom is -0.508 e. The Kier molecular flexibility index (Phi) is 4.77. The maximum Gasteiger partial charge on any atom is 0.117 e. The molecule has 0 amide bonds. The molecule has 5 heteroatoms. The highest BCUT2D eigenvalue weighted by molar-refractivity contribution is 5.76. The Hall–Kier alpha value is -2.92. The molecule has 1 unspecified atom stereocenters. The molecule has 0 saturated heterocycles. The van der Waals surface area contributed by atoms with Gasteiger partial charge in [-0.25, -0.2) is 0 Å². The highest BCUT2D eigenvalue weighted by atomic mass is 16.3. The molecule has 2 aliphatic rings. The normalized spacial score (nSPS) is 20.9. The molecule has 1 atom stereocenters. The summed E-state index contributed by atoms with van der Waals surface area (Å²) in [5, 5.41) is 20.3. The van der Waals surface area contributed by atoms with Crippen LogP contribution in [0.25, 0.3) is 11.3 Å². The Labute approximate surface area is 160 Å². The number of phenolic OH excluding ortho intramolecular Hbond substituents is 1. The number of phenols is 1. The Morgan fingerprint density at radius 1 is 1.22 bits per heavy atom. The van der Waals surface area contributed by atoms with Crippen LogP contribution in [0.4, 0.5) is 5.69 Å². The van der Waals surface area contributed by atoms with Crippen LogP contribution < -0.4 is 21.7 Å². The van der Waals surface area contributed by atoms with Gasteiger partial charge < -0.3 is 26.8 Å². The molecule has 2 aromatic rings. The first-order chi connectivity index (χ1) is 13.1. The molecule has 140 valence electrons. The van der Waals surface area contributed by atoms with Gasteiger partial charge in [-0.3, -0.25) is 0 Å². The zero-order valence-corrected chi connectivity index (χ0v) is 15.5. The van der Waals surface area contributed by atoms with Crippen LogP contribution in [0.15, 0.2) is 54.2 Å². The lowest BCUT2D eigenvalue weighted by atomic mass is 9.92. The van der Waals surface area contributed by atoms with Crippen molar-refractivity contribution < 1.29 is 5.11 Å². The van der Waals surface area contributed by atoms with E-state index in [0.717, 1.165) is 48.7 Å². The summed E-state index contributed by atoms with van der Waals surface area (Å²) in [7, 11) is 0. The highest BCUT2D eigenvalue weighted by Crippen LogP contribution is 2.34. The quantitative estimate of drug-likeness (QED) is 0.579. The minimum atomic E-state index is 0.126. The fourth-order valence-electron chi connectivity index (χ4n) is 3.86. The Morgan fingerprint density at radius 3 is 2.85 bits per heavy atom. The van der Waals surface area contributed by atoms with Gasteiger partial charge in [0.2, 0.25) is 0 Å². The number of fused-ring (bicyclic) bond motifs is 1. The van der Waals surface area contributed by atoms with E-state index in [-0.39, 0.29) is 11.8 Å². The van der Waals surface area contributed by atoms with E-state index >= 15 is 0 Å². The first kappa shape index (κ1) is 17.5. The fourth-order valence-corrected chi connectivity index (χ4v) is 3.86. The summed E-state index contributed by atoms with van der Waals surface area (Å²) < 4.78 is 0. The molecule has 0 aliphatic carbocycles. The van der Waals surface area contributed by atoms with E-state index in [1.807, 2.05) is 19.1 Å². The average molecular weight is 362 g/mol. The average Bonchev–Trinajstić information content (AvgIpc) is 3.12. The number of nitrogens with two attached hydrogens (primary N) is 1. The topological polar surface area (TPSA) is 82.3 Å². The molecule has 0 spiro atoms. The number of rotatable bonds is 3. The summed E-state index contributed by atoms with van der Waals surface area (Å²) >= 11 is 0. The van der Waals surface area contributed by atoms with E-state index in [2.05, 4.69) is 40.2 Å². The predicted octanol–water partition coefficient (Wildman–Crippen LogP) is 3.17. The number of aromatic hydroxyl groups is 1. The number of nitrogens with one attached hydrogen (secondary N) is 3. The molecular formula is C22H26N4O. The smallest absolute Gasteiger partial charge is 0.117 e. The number of hydrogen-bond acceptors (Lipinski definition) is 5. The molecule has 4 rings (SSSR count). The van der Waals surface area contributed by atoms with Gasteiger partial charge in [-0.15, -0.1) is 0 Å². The van der Waals surface area contributed by atoms with Gasteiger partial charge in [0.05, 0.1) is 11.7 Å². The van der Waals surface area contributed by atoms with Crippen LogP contribution in [0, 0.1) is 0 Å². The van der Waals surface area contributed by atoms with Crippen molar-refractivity contribution in [3.63, 3.8) is 0 Å². The van der Waals surface area contributed by atoms with Gasteiger partial charge in [0.15, 0.2) is 0 Å². The van der Waals surface area contributed by atoms with Crippen molar-refractivity contribution in [1.82, 2.24) is 10.6 Å². The van der Waals surface area contributed by atoms with Gasteiger partial charge in [-0.2, -0.15) is 0 Å². The first-order valence-electron chi connectivity index (χ1n) is 9.42. The van der Waals surface area contributed by atoms with Crippen molar-refractivity contribution in [3.8, 4) is 5.75 Å². The van der Waals surface area contributed by atoms with Crippen molar-refractivity contribution >= 4 is 17.0 Å². The number of anilines is 1. The lowest BCUT2D eigenvalue weighted by molar-refractivity contribution is 0.475. The Morgan fingerprint density at radius 2 is 2.11 bits per heavy atom. The lowest BCUT2D eigenvalue weighted by Crippen LogP contribution is -2.16. The third-order valence-corrected chi connectivity index (χ3v) is 5.19. The highest BCUT2D eigenvalue weighted by Gasteiger charge is 2.23. The maximum absolute atomic E-state index is 9.81. The van der Waals surface area contributed by atoms with E-state index in [1.54, 1.807) is 12.1 Å². The molecule has 6 N–H and O–H groups in total. The van der Waals surface area contributed by atoms with Crippen molar-refractivity contribution in [2.75, 3.05) is 25.0 Å². The number of hydrogen-bond donors (Lipinski definition) is 5. The van der Waals surface area contributed by atoms with Crippen LogP contribution in [0.5, 0.6) is 5.75 Å². The van der Waals surface area contributed by atoms with Crippen LogP contribution in [0.3, 0.4) is 0 Å². The van der Waals surface area contributed by atoms with Crippen LogP contribution in [-0.4, -0.2) is 24.7 Å². The monoisotopic (exact) mass is 362 g/mol. The lowest BCUT2D eigenvalue weighted by Gasteiger charge is -2.22. The van der Waals surface area contributed by atoms with Crippen LogP contribution >= 0.6 is 0 Å². The second-order valence-corrected chi connectivity index (χ2v) is 7.18. The van der Waals surface area contributed by atoms with Gasteiger partial charge in [0.25, 0.3) is 0 Å². The molecule has 0 saturated carbocycles. The molecule has 0 fully saturated rings. The van der Waals surface area contributed by atoms with Crippen LogP contribution in [0.1, 0.15) is 36.1 Å². The molecule has 2 aliphatic heterocycles. The van der Waals surface area contributed by atoms with Gasteiger partial charge in [-0.05, 0) is 48.2 Å². The van der Waals surface area contributed by atoms with Crippen molar-refractivity contribution in [3.05, 3.63) is 70.9 Å². The molecular weight excluding hydrogens is 336 g/mol. The van der Waals surface area contributed by atoms with E-state index < -0.39 is 0 Å². The minimum absolute atomic E-state index is 0.126. The van der Waals surface area contributed by atoms with E-state index in [9.17, 15) is 5.11 Å². The van der Waals surface area contributed by atoms with Gasteiger partial charge in [-0.1, -0.05) is 24.3 Å². The molecule has 2 heterocycles. The van der Waals surface area contributed by atoms with Gasteiger partial charge >= 0.3 is 0 Å². The van der Waals surface area contributed by atoms with Gasteiger partial charge in [0.1, 0.15) is 5.75 Å².